The molecular formula is C15H28N2O3. The molecule has 0 aliphatic heterocycles. The van der Waals surface area contributed by atoms with Gasteiger partial charge in [-0.3, -0.25) is 9.59 Å². The van der Waals surface area contributed by atoms with Gasteiger partial charge >= 0.3 is 0 Å². The highest BCUT2D eigenvalue weighted by Gasteiger charge is 2.28. The number of rotatable bonds is 7. The SMILES string of the molecule is CC(C)(C)C(=O)NCCC(=O)N(CCCO)C1CCC1. The maximum atomic E-state index is 12.2. The zero-order valence-electron chi connectivity index (χ0n) is 12.9. The molecule has 116 valence electrons. The molecule has 1 aliphatic rings. The van der Waals surface area contributed by atoms with E-state index in [1.807, 2.05) is 25.7 Å². The summed E-state index contributed by atoms with van der Waals surface area (Å²) in [5, 5.41) is 11.7. The maximum absolute atomic E-state index is 12.2. The zero-order valence-corrected chi connectivity index (χ0v) is 12.9. The largest absolute Gasteiger partial charge is 0.396 e. The Bertz CT molecular complexity index is 333. The lowest BCUT2D eigenvalue weighted by molar-refractivity contribution is -0.135. The highest BCUT2D eigenvalue weighted by atomic mass is 16.3. The topological polar surface area (TPSA) is 69.6 Å². The van der Waals surface area contributed by atoms with Gasteiger partial charge in [0.1, 0.15) is 0 Å². The molecule has 20 heavy (non-hydrogen) atoms. The summed E-state index contributed by atoms with van der Waals surface area (Å²) in [7, 11) is 0. The fourth-order valence-electron chi connectivity index (χ4n) is 2.14. The maximum Gasteiger partial charge on any atom is 0.225 e. The average molecular weight is 284 g/mol. The van der Waals surface area contributed by atoms with Gasteiger partial charge in [0.15, 0.2) is 0 Å². The van der Waals surface area contributed by atoms with E-state index in [2.05, 4.69) is 5.32 Å². The summed E-state index contributed by atoms with van der Waals surface area (Å²) in [6, 6.07) is 0.340. The van der Waals surface area contributed by atoms with E-state index in [-0.39, 0.29) is 18.4 Å². The molecular weight excluding hydrogens is 256 g/mol. The number of nitrogens with one attached hydrogen (secondary N) is 1. The normalized spacial score (nSPS) is 15.6. The van der Waals surface area contributed by atoms with Gasteiger partial charge in [0.05, 0.1) is 0 Å². The second-order valence-corrected chi connectivity index (χ2v) is 6.50. The first-order chi connectivity index (χ1) is 9.36. The van der Waals surface area contributed by atoms with E-state index in [0.29, 0.717) is 32.0 Å². The summed E-state index contributed by atoms with van der Waals surface area (Å²) in [6.07, 6.45) is 4.26. The minimum Gasteiger partial charge on any atom is -0.396 e. The van der Waals surface area contributed by atoms with Crippen LogP contribution < -0.4 is 5.32 Å². The highest BCUT2D eigenvalue weighted by molar-refractivity contribution is 5.82. The van der Waals surface area contributed by atoms with Crippen molar-refractivity contribution in [1.29, 1.82) is 0 Å². The van der Waals surface area contributed by atoms with Gasteiger partial charge in [-0.15, -0.1) is 0 Å². The first-order valence-electron chi connectivity index (χ1n) is 7.55. The second kappa shape index (κ2) is 7.62. The van der Waals surface area contributed by atoms with Gasteiger partial charge in [0.2, 0.25) is 11.8 Å². The van der Waals surface area contributed by atoms with Crippen LogP contribution in [0.3, 0.4) is 0 Å². The fraction of sp³-hybridized carbons (Fsp3) is 0.867. The van der Waals surface area contributed by atoms with Crippen molar-refractivity contribution in [2.45, 2.75) is 58.9 Å². The molecule has 0 aromatic rings. The standard InChI is InChI=1S/C15H28N2O3/c1-15(2,3)14(20)16-9-8-13(19)17(10-5-11-18)12-6-4-7-12/h12,18H,4-11H2,1-3H3,(H,16,20). The molecule has 0 heterocycles. The number of nitrogens with zero attached hydrogens (tertiary/aromatic N) is 1. The molecule has 0 saturated heterocycles. The summed E-state index contributed by atoms with van der Waals surface area (Å²) in [4.78, 5) is 25.8. The molecule has 1 fully saturated rings. The van der Waals surface area contributed by atoms with Gasteiger partial charge in [-0.05, 0) is 25.7 Å². The first kappa shape index (κ1) is 17.0. The third-order valence-electron chi connectivity index (χ3n) is 3.70. The van der Waals surface area contributed by atoms with Crippen LogP contribution in [0, 0.1) is 5.41 Å². The van der Waals surface area contributed by atoms with Gasteiger partial charge in [-0.1, -0.05) is 20.8 Å². The molecule has 0 aromatic carbocycles. The summed E-state index contributed by atoms with van der Waals surface area (Å²) in [5.41, 5.74) is -0.423. The highest BCUT2D eigenvalue weighted by Crippen LogP contribution is 2.25. The molecule has 0 atom stereocenters. The Kier molecular flexibility index (Phi) is 6.46. The van der Waals surface area contributed by atoms with Crippen molar-refractivity contribution in [3.05, 3.63) is 0 Å². The van der Waals surface area contributed by atoms with E-state index < -0.39 is 5.41 Å². The molecule has 5 heteroatoms. The Hall–Kier alpha value is -1.10. The van der Waals surface area contributed by atoms with Crippen LogP contribution in [0.15, 0.2) is 0 Å². The summed E-state index contributed by atoms with van der Waals surface area (Å²) >= 11 is 0. The molecule has 2 amide bonds. The minimum atomic E-state index is -0.423. The fourth-order valence-corrected chi connectivity index (χ4v) is 2.14. The Balaban J connectivity index is 2.36. The molecule has 0 radical (unpaired) electrons. The van der Waals surface area contributed by atoms with E-state index in [1.54, 1.807) is 0 Å². The first-order valence-corrected chi connectivity index (χ1v) is 7.55. The van der Waals surface area contributed by atoms with E-state index in [0.717, 1.165) is 12.8 Å². The summed E-state index contributed by atoms with van der Waals surface area (Å²) < 4.78 is 0. The van der Waals surface area contributed by atoms with Crippen molar-refractivity contribution < 1.29 is 14.7 Å². The molecule has 0 bridgehead atoms. The average Bonchev–Trinajstić information content (AvgIpc) is 2.30. The lowest BCUT2D eigenvalue weighted by atomic mass is 9.91. The summed E-state index contributed by atoms with van der Waals surface area (Å²) in [6.45, 7) is 6.67. The van der Waals surface area contributed by atoms with Crippen LogP contribution >= 0.6 is 0 Å². The van der Waals surface area contributed by atoms with E-state index in [1.165, 1.54) is 6.42 Å². The monoisotopic (exact) mass is 284 g/mol. The van der Waals surface area contributed by atoms with E-state index >= 15 is 0 Å². The molecule has 5 nitrogen and oxygen atoms in total. The van der Waals surface area contributed by atoms with Crippen molar-refractivity contribution in [2.75, 3.05) is 19.7 Å². The van der Waals surface area contributed by atoms with Gasteiger partial charge in [0, 0.05) is 37.6 Å². The van der Waals surface area contributed by atoms with E-state index in [9.17, 15) is 9.59 Å². The number of aliphatic hydroxyl groups is 1. The van der Waals surface area contributed by atoms with Crippen LogP contribution in [0.5, 0.6) is 0 Å². The van der Waals surface area contributed by atoms with Gasteiger partial charge < -0.3 is 15.3 Å². The summed E-state index contributed by atoms with van der Waals surface area (Å²) in [5.74, 6) is 0.0493. The minimum absolute atomic E-state index is 0.0316. The van der Waals surface area contributed by atoms with Crippen molar-refractivity contribution in [3.8, 4) is 0 Å². The number of hydrogen-bond donors (Lipinski definition) is 2. The van der Waals surface area contributed by atoms with Crippen LogP contribution in [0.1, 0.15) is 52.9 Å². The Morgan fingerprint density at radius 3 is 2.40 bits per heavy atom. The lowest BCUT2D eigenvalue weighted by Gasteiger charge is -2.37. The Morgan fingerprint density at radius 2 is 1.95 bits per heavy atom. The zero-order chi connectivity index (χ0) is 15.2. The smallest absolute Gasteiger partial charge is 0.225 e. The van der Waals surface area contributed by atoms with Gasteiger partial charge in [0.25, 0.3) is 0 Å². The van der Waals surface area contributed by atoms with E-state index in [4.69, 9.17) is 5.11 Å². The Morgan fingerprint density at radius 1 is 1.30 bits per heavy atom. The van der Waals surface area contributed by atoms with Crippen molar-refractivity contribution >= 4 is 11.8 Å². The third-order valence-corrected chi connectivity index (χ3v) is 3.70. The van der Waals surface area contributed by atoms with Crippen LogP contribution in [-0.2, 0) is 9.59 Å². The van der Waals surface area contributed by atoms with Crippen LogP contribution in [0.4, 0.5) is 0 Å². The quantitative estimate of drug-likeness (QED) is 0.740. The van der Waals surface area contributed by atoms with Gasteiger partial charge in [-0.25, -0.2) is 0 Å². The molecule has 1 rings (SSSR count). The number of aliphatic hydroxyl groups excluding tert-OH is 1. The van der Waals surface area contributed by atoms with Crippen LogP contribution in [-0.4, -0.2) is 47.6 Å². The Labute approximate surface area is 121 Å². The third kappa shape index (κ3) is 5.12. The van der Waals surface area contributed by atoms with Crippen molar-refractivity contribution in [1.82, 2.24) is 10.2 Å². The predicted molar refractivity (Wildman–Crippen MR) is 78.1 cm³/mol. The van der Waals surface area contributed by atoms with Crippen molar-refractivity contribution in [2.24, 2.45) is 5.41 Å². The second-order valence-electron chi connectivity index (χ2n) is 6.50. The molecule has 0 spiro atoms. The van der Waals surface area contributed by atoms with Crippen LogP contribution in [0.25, 0.3) is 0 Å². The molecule has 0 unspecified atom stereocenters. The molecule has 1 saturated carbocycles. The molecule has 2 N–H and O–H groups in total. The van der Waals surface area contributed by atoms with Crippen LogP contribution in [0.2, 0.25) is 0 Å². The predicted octanol–water partition coefficient (Wildman–Crippen LogP) is 1.30. The molecule has 1 aliphatic carbocycles. The molecule has 0 aromatic heterocycles. The number of amides is 2. The van der Waals surface area contributed by atoms with Gasteiger partial charge in [-0.2, -0.15) is 0 Å². The number of carbonyl (C=O) groups is 2. The van der Waals surface area contributed by atoms with Crippen molar-refractivity contribution in [3.63, 3.8) is 0 Å². The number of carbonyl (C=O) groups excluding carboxylic acids is 2. The number of hydrogen-bond acceptors (Lipinski definition) is 3. The lowest BCUT2D eigenvalue weighted by Crippen LogP contribution is -2.46.